The van der Waals surface area contributed by atoms with Gasteiger partial charge in [-0.15, -0.1) is 0 Å². The van der Waals surface area contributed by atoms with Gasteiger partial charge in [-0.3, -0.25) is 4.79 Å². The summed E-state index contributed by atoms with van der Waals surface area (Å²) in [6, 6.07) is 7.63. The number of carbonyl (C=O) groups excluding carboxylic acids is 1. The Bertz CT molecular complexity index is 558. The topological polar surface area (TPSA) is 54.3 Å². The first-order valence-electron chi connectivity index (χ1n) is 6.10. The maximum Gasteiger partial charge on any atom is 0.251 e. The minimum Gasteiger partial charge on any atom is -0.393 e. The summed E-state index contributed by atoms with van der Waals surface area (Å²) in [6.45, 7) is 2.20. The van der Waals surface area contributed by atoms with Crippen LogP contribution in [0.2, 0.25) is 0 Å². The van der Waals surface area contributed by atoms with Crippen molar-refractivity contribution >= 4 is 16.8 Å². The lowest BCUT2D eigenvalue weighted by Crippen LogP contribution is -2.26. The molecule has 1 heterocycles. The van der Waals surface area contributed by atoms with Crippen LogP contribution in [0, 0.1) is 0 Å². The standard InChI is InChI=1S/C14H18N2O2/c1-10(17)6-8-15-14(18)12-4-3-5-13-11(12)7-9-16(13)2/h3-5,7,9-10,17H,6,8H2,1-2H3,(H,15,18). The van der Waals surface area contributed by atoms with Gasteiger partial charge in [0.25, 0.3) is 5.91 Å². The van der Waals surface area contributed by atoms with E-state index in [1.165, 1.54) is 0 Å². The maximum absolute atomic E-state index is 12.0. The second-order valence-electron chi connectivity index (χ2n) is 4.56. The Morgan fingerprint density at radius 3 is 2.94 bits per heavy atom. The van der Waals surface area contributed by atoms with Crippen LogP contribution in [-0.2, 0) is 7.05 Å². The zero-order valence-corrected chi connectivity index (χ0v) is 10.7. The molecule has 0 saturated heterocycles. The minimum absolute atomic E-state index is 0.0903. The predicted molar refractivity (Wildman–Crippen MR) is 71.6 cm³/mol. The van der Waals surface area contributed by atoms with Crippen LogP contribution in [-0.4, -0.2) is 28.2 Å². The summed E-state index contributed by atoms with van der Waals surface area (Å²) in [4.78, 5) is 12.0. The molecule has 2 N–H and O–H groups in total. The van der Waals surface area contributed by atoms with E-state index in [2.05, 4.69) is 5.32 Å². The maximum atomic E-state index is 12.0. The quantitative estimate of drug-likeness (QED) is 0.862. The Labute approximate surface area is 106 Å². The Morgan fingerprint density at radius 1 is 1.44 bits per heavy atom. The van der Waals surface area contributed by atoms with Crippen LogP contribution in [0.15, 0.2) is 30.5 Å². The smallest absolute Gasteiger partial charge is 0.251 e. The Morgan fingerprint density at radius 2 is 2.22 bits per heavy atom. The van der Waals surface area contributed by atoms with E-state index in [1.807, 2.05) is 42.1 Å². The van der Waals surface area contributed by atoms with E-state index in [0.29, 0.717) is 18.5 Å². The number of nitrogens with one attached hydrogen (secondary N) is 1. The average molecular weight is 246 g/mol. The van der Waals surface area contributed by atoms with Crippen molar-refractivity contribution in [3.8, 4) is 0 Å². The van der Waals surface area contributed by atoms with Crippen molar-refractivity contribution in [1.29, 1.82) is 0 Å². The molecule has 96 valence electrons. The summed E-state index contributed by atoms with van der Waals surface area (Å²) in [5.74, 6) is -0.0903. The summed E-state index contributed by atoms with van der Waals surface area (Å²) in [6.07, 6.45) is 2.12. The van der Waals surface area contributed by atoms with Crippen LogP contribution < -0.4 is 5.32 Å². The molecule has 1 aromatic carbocycles. The molecule has 1 aromatic heterocycles. The zero-order valence-electron chi connectivity index (χ0n) is 10.7. The molecule has 0 aliphatic carbocycles. The first kappa shape index (κ1) is 12.6. The fourth-order valence-electron chi connectivity index (χ4n) is 1.99. The lowest BCUT2D eigenvalue weighted by Gasteiger charge is -2.08. The lowest BCUT2D eigenvalue weighted by molar-refractivity contribution is 0.0947. The number of rotatable bonds is 4. The van der Waals surface area contributed by atoms with E-state index < -0.39 is 6.10 Å². The number of fused-ring (bicyclic) bond motifs is 1. The van der Waals surface area contributed by atoms with Gasteiger partial charge < -0.3 is 15.0 Å². The molecule has 0 spiro atoms. The van der Waals surface area contributed by atoms with E-state index in [0.717, 1.165) is 10.9 Å². The number of hydrogen-bond acceptors (Lipinski definition) is 2. The molecule has 4 nitrogen and oxygen atoms in total. The second-order valence-corrected chi connectivity index (χ2v) is 4.56. The summed E-state index contributed by atoms with van der Waals surface area (Å²) < 4.78 is 1.99. The van der Waals surface area contributed by atoms with Gasteiger partial charge in [0.05, 0.1) is 6.10 Å². The summed E-state index contributed by atoms with van der Waals surface area (Å²) in [5.41, 5.74) is 1.72. The molecule has 1 amide bonds. The van der Waals surface area contributed by atoms with E-state index in [1.54, 1.807) is 6.92 Å². The summed E-state index contributed by atoms with van der Waals surface area (Å²) in [7, 11) is 1.96. The fraction of sp³-hybridized carbons (Fsp3) is 0.357. The third-order valence-corrected chi connectivity index (χ3v) is 3.02. The molecular formula is C14H18N2O2. The van der Waals surface area contributed by atoms with E-state index in [-0.39, 0.29) is 5.91 Å². The normalized spacial score (nSPS) is 12.6. The zero-order chi connectivity index (χ0) is 13.1. The Balaban J connectivity index is 2.17. The number of aryl methyl sites for hydroxylation is 1. The van der Waals surface area contributed by atoms with E-state index >= 15 is 0 Å². The van der Waals surface area contributed by atoms with Gasteiger partial charge in [0, 0.05) is 36.3 Å². The summed E-state index contributed by atoms with van der Waals surface area (Å²) >= 11 is 0. The highest BCUT2D eigenvalue weighted by molar-refractivity contribution is 6.06. The van der Waals surface area contributed by atoms with Crippen LogP contribution in [0.5, 0.6) is 0 Å². The Hall–Kier alpha value is -1.81. The Kier molecular flexibility index (Phi) is 3.67. The highest BCUT2D eigenvalue weighted by Gasteiger charge is 2.10. The molecule has 0 bridgehead atoms. The van der Waals surface area contributed by atoms with E-state index in [4.69, 9.17) is 5.11 Å². The van der Waals surface area contributed by atoms with Gasteiger partial charge in [-0.1, -0.05) is 6.07 Å². The molecule has 0 radical (unpaired) electrons. The molecule has 4 heteroatoms. The molecule has 0 aliphatic heterocycles. The van der Waals surface area contributed by atoms with Gasteiger partial charge in [0.1, 0.15) is 0 Å². The van der Waals surface area contributed by atoms with Crippen molar-refractivity contribution in [2.24, 2.45) is 7.05 Å². The highest BCUT2D eigenvalue weighted by atomic mass is 16.3. The number of aliphatic hydroxyl groups excluding tert-OH is 1. The van der Waals surface area contributed by atoms with Gasteiger partial charge in [-0.25, -0.2) is 0 Å². The minimum atomic E-state index is -0.391. The van der Waals surface area contributed by atoms with Crippen LogP contribution >= 0.6 is 0 Å². The van der Waals surface area contributed by atoms with Crippen molar-refractivity contribution in [2.75, 3.05) is 6.54 Å². The molecule has 2 aromatic rings. The van der Waals surface area contributed by atoms with Gasteiger partial charge in [0.2, 0.25) is 0 Å². The number of aliphatic hydroxyl groups is 1. The molecule has 18 heavy (non-hydrogen) atoms. The van der Waals surface area contributed by atoms with Crippen molar-refractivity contribution < 1.29 is 9.90 Å². The highest BCUT2D eigenvalue weighted by Crippen LogP contribution is 2.19. The van der Waals surface area contributed by atoms with Crippen LogP contribution in [0.1, 0.15) is 23.7 Å². The molecular weight excluding hydrogens is 228 g/mol. The predicted octanol–water partition coefficient (Wildman–Crippen LogP) is 1.68. The number of aromatic nitrogens is 1. The van der Waals surface area contributed by atoms with Crippen molar-refractivity contribution in [2.45, 2.75) is 19.4 Å². The third-order valence-electron chi connectivity index (χ3n) is 3.02. The number of hydrogen-bond donors (Lipinski definition) is 2. The molecule has 0 aliphatic rings. The average Bonchev–Trinajstić information content (AvgIpc) is 2.71. The second kappa shape index (κ2) is 5.23. The number of carbonyl (C=O) groups is 1. The van der Waals surface area contributed by atoms with Gasteiger partial charge in [-0.05, 0) is 31.5 Å². The van der Waals surface area contributed by atoms with Crippen LogP contribution in [0.3, 0.4) is 0 Å². The van der Waals surface area contributed by atoms with Crippen molar-refractivity contribution in [3.63, 3.8) is 0 Å². The van der Waals surface area contributed by atoms with Crippen molar-refractivity contribution in [1.82, 2.24) is 9.88 Å². The van der Waals surface area contributed by atoms with Crippen LogP contribution in [0.4, 0.5) is 0 Å². The number of benzene rings is 1. The molecule has 1 unspecified atom stereocenters. The van der Waals surface area contributed by atoms with Gasteiger partial charge in [-0.2, -0.15) is 0 Å². The molecule has 0 fully saturated rings. The third kappa shape index (κ3) is 2.54. The van der Waals surface area contributed by atoms with Gasteiger partial charge >= 0.3 is 0 Å². The monoisotopic (exact) mass is 246 g/mol. The SMILES string of the molecule is CC(O)CCNC(=O)c1cccc2c1ccn2C. The van der Waals surface area contributed by atoms with Crippen LogP contribution in [0.25, 0.3) is 10.9 Å². The first-order chi connectivity index (χ1) is 8.59. The number of amides is 1. The lowest BCUT2D eigenvalue weighted by atomic mass is 10.1. The van der Waals surface area contributed by atoms with Crippen molar-refractivity contribution in [3.05, 3.63) is 36.0 Å². The largest absolute Gasteiger partial charge is 0.393 e. The molecule has 1 atom stereocenters. The first-order valence-corrected chi connectivity index (χ1v) is 6.10. The fourth-order valence-corrected chi connectivity index (χ4v) is 1.99. The number of nitrogens with zero attached hydrogens (tertiary/aromatic N) is 1. The molecule has 2 rings (SSSR count). The van der Waals surface area contributed by atoms with Gasteiger partial charge in [0.15, 0.2) is 0 Å². The molecule has 0 saturated carbocycles. The van der Waals surface area contributed by atoms with E-state index in [9.17, 15) is 4.79 Å². The summed E-state index contributed by atoms with van der Waals surface area (Å²) in [5, 5.41) is 12.9.